The number of amides is 2. The van der Waals surface area contributed by atoms with Crippen LogP contribution in [-0.4, -0.2) is 67.6 Å². The van der Waals surface area contributed by atoms with Crippen molar-refractivity contribution in [2.45, 2.75) is 19.0 Å². The van der Waals surface area contributed by atoms with Crippen LogP contribution in [0.2, 0.25) is 5.02 Å². The molecule has 2 aliphatic rings. The van der Waals surface area contributed by atoms with Crippen molar-refractivity contribution in [1.29, 1.82) is 0 Å². The maximum absolute atomic E-state index is 13.7. The molecule has 2 aliphatic heterocycles. The maximum atomic E-state index is 13.7. The molecule has 0 radical (unpaired) electrons. The van der Waals surface area contributed by atoms with Gasteiger partial charge >= 0.3 is 5.69 Å². The minimum atomic E-state index is -0.557. The van der Waals surface area contributed by atoms with Crippen LogP contribution in [0.15, 0.2) is 76.3 Å². The van der Waals surface area contributed by atoms with E-state index in [1.165, 1.54) is 16.5 Å². The monoisotopic (exact) mass is 611 g/mol. The second-order valence-electron chi connectivity index (χ2n) is 11.3. The van der Waals surface area contributed by atoms with Crippen molar-refractivity contribution in [3.05, 3.63) is 98.2 Å². The molecule has 7 rings (SSSR count). The number of anilines is 2. The second-order valence-corrected chi connectivity index (χ2v) is 11.7. The summed E-state index contributed by atoms with van der Waals surface area (Å²) >= 11 is 6.51. The Hall–Kier alpha value is -4.74. The average molecular weight is 612 g/mol. The lowest BCUT2D eigenvalue weighted by Gasteiger charge is -2.37. The van der Waals surface area contributed by atoms with Gasteiger partial charge < -0.3 is 4.90 Å². The van der Waals surface area contributed by atoms with E-state index in [0.717, 1.165) is 20.9 Å². The van der Waals surface area contributed by atoms with Gasteiger partial charge in [-0.1, -0.05) is 66.2 Å². The number of carbonyl (C=O) groups is 2. The summed E-state index contributed by atoms with van der Waals surface area (Å²) in [6, 6.07) is 20.2. The van der Waals surface area contributed by atoms with E-state index in [2.05, 4.69) is 9.80 Å². The largest absolute Gasteiger partial charge is 0.340 e. The Kier molecular flexibility index (Phi) is 6.86. The summed E-state index contributed by atoms with van der Waals surface area (Å²) in [5.74, 6) is 0.116. The lowest BCUT2D eigenvalue weighted by molar-refractivity contribution is -0.123. The molecule has 0 saturated carbocycles. The Labute approximate surface area is 257 Å². The number of carbonyl (C=O) groups excluding carboxylic acids is 2. The SMILES string of the molecule is Cn1c(=O)c2c(nc(N3CCN(C4CC(=O)N(c5cccc6ccccc56)C4=O)CC3)n2Cc2ccccc2Cl)n(C)c1=O. The van der Waals surface area contributed by atoms with Crippen molar-refractivity contribution in [3.8, 4) is 0 Å². The van der Waals surface area contributed by atoms with Crippen LogP contribution < -0.4 is 21.0 Å². The fraction of sp³-hybridized carbons (Fsp3) is 0.281. The molecule has 12 heteroatoms. The highest BCUT2D eigenvalue weighted by Gasteiger charge is 2.44. The third kappa shape index (κ3) is 4.42. The van der Waals surface area contributed by atoms with E-state index in [9.17, 15) is 19.2 Å². The van der Waals surface area contributed by atoms with Crippen molar-refractivity contribution in [3.63, 3.8) is 0 Å². The summed E-state index contributed by atoms with van der Waals surface area (Å²) < 4.78 is 4.28. The van der Waals surface area contributed by atoms with E-state index in [0.29, 0.717) is 54.0 Å². The molecule has 5 aromatic rings. The first-order valence-electron chi connectivity index (χ1n) is 14.5. The number of benzene rings is 3. The molecule has 0 N–H and O–H groups in total. The van der Waals surface area contributed by atoms with Crippen LogP contribution >= 0.6 is 11.6 Å². The van der Waals surface area contributed by atoms with Crippen molar-refractivity contribution in [2.75, 3.05) is 36.0 Å². The molecular weight excluding hydrogens is 582 g/mol. The molecule has 2 saturated heterocycles. The number of hydrogen-bond donors (Lipinski definition) is 0. The molecule has 1 unspecified atom stereocenters. The second kappa shape index (κ2) is 10.8. The number of aryl methyl sites for hydroxylation is 1. The highest BCUT2D eigenvalue weighted by molar-refractivity contribution is 6.31. The van der Waals surface area contributed by atoms with Crippen LogP contribution in [-0.2, 0) is 30.2 Å². The topological polar surface area (TPSA) is 106 Å². The summed E-state index contributed by atoms with van der Waals surface area (Å²) in [5.41, 5.74) is 1.14. The number of imide groups is 1. The van der Waals surface area contributed by atoms with Crippen LogP contribution in [0.5, 0.6) is 0 Å². The van der Waals surface area contributed by atoms with Gasteiger partial charge in [0.05, 0.1) is 24.7 Å². The predicted molar refractivity (Wildman–Crippen MR) is 169 cm³/mol. The number of fused-ring (bicyclic) bond motifs is 2. The van der Waals surface area contributed by atoms with Crippen molar-refractivity contribution < 1.29 is 9.59 Å². The van der Waals surface area contributed by atoms with E-state index in [1.807, 2.05) is 65.2 Å². The number of rotatable bonds is 5. The minimum Gasteiger partial charge on any atom is -0.340 e. The van der Waals surface area contributed by atoms with Gasteiger partial charge in [-0.05, 0) is 23.1 Å². The van der Waals surface area contributed by atoms with Gasteiger partial charge in [-0.2, -0.15) is 4.98 Å². The van der Waals surface area contributed by atoms with E-state index >= 15 is 0 Å². The van der Waals surface area contributed by atoms with Gasteiger partial charge in [-0.25, -0.2) is 9.69 Å². The van der Waals surface area contributed by atoms with Gasteiger partial charge in [-0.3, -0.25) is 33.0 Å². The Balaban J connectivity index is 1.18. The number of piperazine rings is 1. The van der Waals surface area contributed by atoms with Gasteiger partial charge in [0.2, 0.25) is 11.9 Å². The minimum absolute atomic E-state index is 0.116. The van der Waals surface area contributed by atoms with Crippen LogP contribution in [0.25, 0.3) is 21.9 Å². The standard InChI is InChI=1S/C32H30ClN7O4/c1-35-28-27(30(43)36(2)32(35)44)39(19-21-9-4-6-12-23(21)33)31(34-28)38-16-14-37(15-17-38)25-18-26(41)40(29(25)42)24-13-7-10-20-8-3-5-11-22(20)24/h3-13,25H,14-19H2,1-2H3. The van der Waals surface area contributed by atoms with Crippen molar-refractivity contribution in [1.82, 2.24) is 23.6 Å². The normalized spacial score (nSPS) is 17.8. The Bertz CT molecular complexity index is 2090. The fourth-order valence-corrected chi connectivity index (χ4v) is 6.61. The summed E-state index contributed by atoms with van der Waals surface area (Å²) in [5, 5.41) is 2.39. The van der Waals surface area contributed by atoms with Gasteiger partial charge in [-0.15, -0.1) is 0 Å². The summed E-state index contributed by atoms with van der Waals surface area (Å²) in [7, 11) is 3.06. The summed E-state index contributed by atoms with van der Waals surface area (Å²) in [6.07, 6.45) is 0.116. The summed E-state index contributed by atoms with van der Waals surface area (Å²) in [6.45, 7) is 2.33. The molecule has 0 spiro atoms. The highest BCUT2D eigenvalue weighted by atomic mass is 35.5. The number of aromatic nitrogens is 4. The molecule has 11 nitrogen and oxygen atoms in total. The van der Waals surface area contributed by atoms with E-state index in [-0.39, 0.29) is 24.8 Å². The number of hydrogen-bond acceptors (Lipinski definition) is 7. The van der Waals surface area contributed by atoms with E-state index < -0.39 is 17.3 Å². The average Bonchev–Trinajstić information content (AvgIpc) is 3.56. The zero-order valence-corrected chi connectivity index (χ0v) is 25.1. The lowest BCUT2D eigenvalue weighted by atomic mass is 10.1. The first-order valence-corrected chi connectivity index (χ1v) is 14.9. The zero-order valence-electron chi connectivity index (χ0n) is 24.3. The van der Waals surface area contributed by atoms with Crippen LogP contribution in [0, 0.1) is 0 Å². The number of nitrogens with zero attached hydrogens (tertiary/aromatic N) is 7. The molecule has 2 aromatic heterocycles. The van der Waals surface area contributed by atoms with Crippen LogP contribution in [0.1, 0.15) is 12.0 Å². The molecule has 0 bridgehead atoms. The quantitative estimate of drug-likeness (QED) is 0.281. The highest BCUT2D eigenvalue weighted by Crippen LogP contribution is 2.33. The van der Waals surface area contributed by atoms with E-state index in [1.54, 1.807) is 13.1 Å². The summed E-state index contributed by atoms with van der Waals surface area (Å²) in [4.78, 5) is 63.3. The van der Waals surface area contributed by atoms with Crippen LogP contribution in [0.3, 0.4) is 0 Å². The Morgan fingerprint density at radius 1 is 0.841 bits per heavy atom. The number of imidazole rings is 1. The Morgan fingerprint density at radius 2 is 1.55 bits per heavy atom. The zero-order chi connectivity index (χ0) is 30.7. The molecule has 1 atom stereocenters. The van der Waals surface area contributed by atoms with Gasteiger partial charge in [0, 0.05) is 50.7 Å². The molecule has 2 fully saturated rings. The van der Waals surface area contributed by atoms with Crippen molar-refractivity contribution >= 4 is 57.0 Å². The van der Waals surface area contributed by atoms with Crippen LogP contribution in [0.4, 0.5) is 11.6 Å². The molecular formula is C32H30ClN7O4. The smallest absolute Gasteiger partial charge is 0.332 e. The fourth-order valence-electron chi connectivity index (χ4n) is 6.41. The molecule has 2 amide bonds. The maximum Gasteiger partial charge on any atom is 0.332 e. The van der Waals surface area contributed by atoms with Gasteiger partial charge in [0.25, 0.3) is 11.5 Å². The van der Waals surface area contributed by atoms with E-state index in [4.69, 9.17) is 16.6 Å². The van der Waals surface area contributed by atoms with Crippen molar-refractivity contribution in [2.24, 2.45) is 14.1 Å². The molecule has 44 heavy (non-hydrogen) atoms. The van der Waals surface area contributed by atoms with Gasteiger partial charge in [0.15, 0.2) is 11.2 Å². The molecule has 224 valence electrons. The molecule has 0 aliphatic carbocycles. The third-order valence-corrected chi connectivity index (χ3v) is 9.15. The third-order valence-electron chi connectivity index (χ3n) is 8.78. The lowest BCUT2D eigenvalue weighted by Crippen LogP contribution is -2.53. The first kappa shape index (κ1) is 28.1. The van der Waals surface area contributed by atoms with Gasteiger partial charge in [0.1, 0.15) is 0 Å². The Morgan fingerprint density at radius 3 is 2.32 bits per heavy atom. The first-order chi connectivity index (χ1) is 21.2. The predicted octanol–water partition coefficient (Wildman–Crippen LogP) is 2.74. The molecule has 3 aromatic carbocycles. The molecule has 4 heterocycles. The number of halogens is 1.